The van der Waals surface area contributed by atoms with E-state index in [4.69, 9.17) is 20.3 Å². The minimum absolute atomic E-state index is 0.168. The van der Waals surface area contributed by atoms with Gasteiger partial charge in [0.2, 0.25) is 10.1 Å². The molecule has 3 atom stereocenters. The zero-order valence-electron chi connectivity index (χ0n) is 14.8. The van der Waals surface area contributed by atoms with Gasteiger partial charge in [0.15, 0.2) is 0 Å². The van der Waals surface area contributed by atoms with Crippen LogP contribution in [0.15, 0.2) is 24.4 Å². The van der Waals surface area contributed by atoms with Crippen molar-refractivity contribution in [2.45, 2.75) is 18.6 Å². The summed E-state index contributed by atoms with van der Waals surface area (Å²) in [6.07, 6.45) is 2.81. The van der Waals surface area contributed by atoms with Crippen molar-refractivity contribution >= 4 is 21.4 Å². The number of aromatic nitrogens is 3. The first-order chi connectivity index (χ1) is 13.1. The van der Waals surface area contributed by atoms with E-state index in [0.29, 0.717) is 11.7 Å². The van der Waals surface area contributed by atoms with E-state index in [-0.39, 0.29) is 18.0 Å². The summed E-state index contributed by atoms with van der Waals surface area (Å²) >= 11 is 1.53. The van der Waals surface area contributed by atoms with Crippen LogP contribution in [-0.4, -0.2) is 53.6 Å². The zero-order valence-corrected chi connectivity index (χ0v) is 15.7. The molecule has 2 N–H and O–H groups in total. The molecule has 2 fully saturated rings. The third kappa shape index (κ3) is 2.77. The van der Waals surface area contributed by atoms with Crippen LogP contribution in [0.1, 0.15) is 6.42 Å². The summed E-state index contributed by atoms with van der Waals surface area (Å²) in [6.45, 7) is 2.37. The van der Waals surface area contributed by atoms with Gasteiger partial charge in [0.1, 0.15) is 11.6 Å². The Hall–Kier alpha value is -2.23. The average molecular weight is 389 g/mol. The van der Waals surface area contributed by atoms with Gasteiger partial charge in [-0.25, -0.2) is 13.9 Å². The molecule has 2 saturated heterocycles. The number of benzene rings is 1. The SMILES string of the molecule is COc1cc(F)ccc1-c1cnc2sc(N3C[C@@H]4[C@@H](N)CCO[C@@H]4C3)nn12. The van der Waals surface area contributed by atoms with Crippen molar-refractivity contribution in [3.63, 3.8) is 0 Å². The molecule has 1 aromatic carbocycles. The lowest BCUT2D eigenvalue weighted by Gasteiger charge is -2.29. The van der Waals surface area contributed by atoms with Crippen LogP contribution in [0.25, 0.3) is 16.2 Å². The van der Waals surface area contributed by atoms with E-state index in [1.807, 2.05) is 0 Å². The Balaban J connectivity index is 1.49. The summed E-state index contributed by atoms with van der Waals surface area (Å²) in [5.41, 5.74) is 7.80. The molecule has 0 unspecified atom stereocenters. The van der Waals surface area contributed by atoms with Crippen molar-refractivity contribution in [3.8, 4) is 17.0 Å². The third-order valence-electron chi connectivity index (χ3n) is 5.43. The molecule has 0 aliphatic carbocycles. The van der Waals surface area contributed by atoms with Gasteiger partial charge >= 0.3 is 0 Å². The number of methoxy groups -OCH3 is 1. The van der Waals surface area contributed by atoms with Crippen molar-refractivity contribution in [2.24, 2.45) is 11.7 Å². The Bertz CT molecular complexity index is 989. The number of hydrogen-bond donors (Lipinski definition) is 1. The van der Waals surface area contributed by atoms with Crippen LogP contribution in [-0.2, 0) is 4.74 Å². The van der Waals surface area contributed by atoms with Gasteiger partial charge in [-0.1, -0.05) is 11.3 Å². The molecule has 9 heteroatoms. The summed E-state index contributed by atoms with van der Waals surface area (Å²) in [5, 5.41) is 5.66. The predicted molar refractivity (Wildman–Crippen MR) is 101 cm³/mol. The first kappa shape index (κ1) is 16.9. The summed E-state index contributed by atoms with van der Waals surface area (Å²) < 4.78 is 26.6. The minimum Gasteiger partial charge on any atom is -0.496 e. The molecule has 4 heterocycles. The predicted octanol–water partition coefficient (Wildman–Crippen LogP) is 2.16. The fourth-order valence-corrected chi connectivity index (χ4v) is 4.88. The van der Waals surface area contributed by atoms with Crippen molar-refractivity contribution in [1.82, 2.24) is 14.6 Å². The van der Waals surface area contributed by atoms with E-state index >= 15 is 0 Å². The molecular weight excluding hydrogens is 369 g/mol. The van der Waals surface area contributed by atoms with Crippen LogP contribution >= 0.6 is 11.3 Å². The van der Waals surface area contributed by atoms with Crippen LogP contribution < -0.4 is 15.4 Å². The number of imidazole rings is 1. The van der Waals surface area contributed by atoms with Crippen molar-refractivity contribution in [2.75, 3.05) is 31.7 Å². The Labute approximate surface area is 159 Å². The van der Waals surface area contributed by atoms with Crippen molar-refractivity contribution in [1.29, 1.82) is 0 Å². The van der Waals surface area contributed by atoms with Crippen LogP contribution in [0.3, 0.4) is 0 Å². The van der Waals surface area contributed by atoms with Crippen LogP contribution in [0.4, 0.5) is 9.52 Å². The maximum Gasteiger partial charge on any atom is 0.214 e. The van der Waals surface area contributed by atoms with Gasteiger partial charge in [0.05, 0.1) is 25.1 Å². The smallest absolute Gasteiger partial charge is 0.214 e. The van der Waals surface area contributed by atoms with Crippen molar-refractivity contribution in [3.05, 3.63) is 30.2 Å². The second-order valence-electron chi connectivity index (χ2n) is 7.00. The highest BCUT2D eigenvalue weighted by Gasteiger charge is 2.41. The van der Waals surface area contributed by atoms with Crippen LogP contribution in [0.2, 0.25) is 0 Å². The molecule has 0 radical (unpaired) electrons. The van der Waals surface area contributed by atoms with Crippen LogP contribution in [0, 0.1) is 11.7 Å². The highest BCUT2D eigenvalue weighted by Crippen LogP contribution is 2.36. The highest BCUT2D eigenvalue weighted by molar-refractivity contribution is 7.20. The van der Waals surface area contributed by atoms with Gasteiger partial charge in [-0.15, -0.1) is 5.10 Å². The van der Waals surface area contributed by atoms with E-state index < -0.39 is 0 Å². The van der Waals surface area contributed by atoms with Gasteiger partial charge in [-0.05, 0) is 18.6 Å². The van der Waals surface area contributed by atoms with Gasteiger partial charge in [0.25, 0.3) is 0 Å². The zero-order chi connectivity index (χ0) is 18.5. The second-order valence-corrected chi connectivity index (χ2v) is 7.93. The lowest BCUT2D eigenvalue weighted by molar-refractivity contribution is -0.00904. The molecule has 5 rings (SSSR count). The summed E-state index contributed by atoms with van der Waals surface area (Å²) in [5.74, 6) is 0.455. The molecule has 0 saturated carbocycles. The lowest BCUT2D eigenvalue weighted by atomic mass is 9.93. The molecule has 2 aliphatic rings. The van der Waals surface area contributed by atoms with E-state index in [0.717, 1.165) is 47.5 Å². The molecule has 7 nitrogen and oxygen atoms in total. The molecule has 27 heavy (non-hydrogen) atoms. The quantitative estimate of drug-likeness (QED) is 0.740. The van der Waals surface area contributed by atoms with E-state index in [1.165, 1.54) is 30.6 Å². The number of anilines is 1. The first-order valence-corrected chi connectivity index (χ1v) is 9.76. The summed E-state index contributed by atoms with van der Waals surface area (Å²) in [6, 6.07) is 4.64. The number of halogens is 1. The standard InChI is InChI=1S/C18H20FN5O2S/c1-25-15-6-10(19)2-3-11(15)14-7-21-17-24(14)22-18(27-17)23-8-12-13(20)4-5-26-16(12)9-23/h2-3,6-7,12-13,16H,4-5,8-9,20H2,1H3/t12-,13+,16-/m1/s1. The number of fused-ring (bicyclic) bond motifs is 2. The Kier molecular flexibility index (Phi) is 4.03. The number of nitrogens with zero attached hydrogens (tertiary/aromatic N) is 4. The highest BCUT2D eigenvalue weighted by atomic mass is 32.1. The largest absolute Gasteiger partial charge is 0.496 e. The Morgan fingerprint density at radius 1 is 1.37 bits per heavy atom. The molecule has 2 aromatic heterocycles. The summed E-state index contributed by atoms with van der Waals surface area (Å²) in [7, 11) is 1.53. The van der Waals surface area contributed by atoms with Gasteiger partial charge < -0.3 is 20.1 Å². The molecular formula is C18H20FN5O2S. The van der Waals surface area contributed by atoms with E-state index in [2.05, 4.69) is 9.88 Å². The third-order valence-corrected chi connectivity index (χ3v) is 6.41. The Morgan fingerprint density at radius 3 is 3.07 bits per heavy atom. The summed E-state index contributed by atoms with van der Waals surface area (Å²) in [4.78, 5) is 7.49. The normalized spacial score (nSPS) is 25.1. The van der Waals surface area contributed by atoms with Gasteiger partial charge in [0, 0.05) is 43.3 Å². The monoisotopic (exact) mass is 389 g/mol. The van der Waals surface area contributed by atoms with Gasteiger partial charge in [-0.2, -0.15) is 0 Å². The molecule has 3 aromatic rings. The molecule has 0 amide bonds. The number of hydrogen-bond acceptors (Lipinski definition) is 7. The number of nitrogens with two attached hydrogens (primary N) is 1. The van der Waals surface area contributed by atoms with Crippen molar-refractivity contribution < 1.29 is 13.9 Å². The fourth-order valence-electron chi connectivity index (χ4n) is 3.98. The van der Waals surface area contributed by atoms with E-state index in [1.54, 1.807) is 16.8 Å². The molecule has 0 bridgehead atoms. The average Bonchev–Trinajstić information content (AvgIpc) is 3.35. The second kappa shape index (κ2) is 6.43. The lowest BCUT2D eigenvalue weighted by Crippen LogP contribution is -2.43. The number of rotatable bonds is 3. The Morgan fingerprint density at radius 2 is 2.26 bits per heavy atom. The first-order valence-electron chi connectivity index (χ1n) is 8.94. The maximum absolute atomic E-state index is 13.5. The topological polar surface area (TPSA) is 77.9 Å². The molecule has 142 valence electrons. The van der Waals surface area contributed by atoms with Gasteiger partial charge in [-0.3, -0.25) is 0 Å². The maximum atomic E-state index is 13.5. The van der Waals surface area contributed by atoms with E-state index in [9.17, 15) is 4.39 Å². The molecule has 2 aliphatic heterocycles. The minimum atomic E-state index is -0.341. The molecule has 0 spiro atoms. The number of ether oxygens (including phenoxy) is 2. The fraction of sp³-hybridized carbons (Fsp3) is 0.444. The van der Waals surface area contributed by atoms with Crippen LogP contribution in [0.5, 0.6) is 5.75 Å².